The highest BCUT2D eigenvalue weighted by atomic mass is 14.9. The van der Waals surface area contributed by atoms with Gasteiger partial charge in [0.05, 0.1) is 11.7 Å². The van der Waals surface area contributed by atoms with E-state index in [0.717, 1.165) is 22.4 Å². The van der Waals surface area contributed by atoms with Gasteiger partial charge in [0.15, 0.2) is 0 Å². The molecule has 0 saturated heterocycles. The predicted molar refractivity (Wildman–Crippen MR) is 90.9 cm³/mol. The molecule has 0 saturated carbocycles. The number of aromatic amines is 1. The summed E-state index contributed by atoms with van der Waals surface area (Å²) in [6.07, 6.45) is 3.56. The monoisotopic (exact) mass is 287 g/mol. The van der Waals surface area contributed by atoms with Crippen LogP contribution in [0.4, 0.5) is 0 Å². The van der Waals surface area contributed by atoms with Gasteiger partial charge in [0, 0.05) is 11.8 Å². The van der Waals surface area contributed by atoms with Gasteiger partial charge in [-0.15, -0.1) is 0 Å². The van der Waals surface area contributed by atoms with E-state index >= 15 is 0 Å². The third-order valence-electron chi connectivity index (χ3n) is 4.09. The van der Waals surface area contributed by atoms with E-state index < -0.39 is 0 Å². The first kappa shape index (κ1) is 13.0. The topological polar surface area (TPSA) is 41.6 Å². The van der Waals surface area contributed by atoms with E-state index in [4.69, 9.17) is 0 Å². The maximum absolute atomic E-state index is 4.63. The Hall–Kier alpha value is -2.68. The molecule has 2 heterocycles. The molecule has 0 fully saturated rings. The second-order valence-corrected chi connectivity index (χ2v) is 5.95. The van der Waals surface area contributed by atoms with E-state index in [1.807, 2.05) is 6.07 Å². The zero-order valence-electron chi connectivity index (χ0n) is 12.7. The van der Waals surface area contributed by atoms with Crippen LogP contribution in [-0.4, -0.2) is 15.0 Å². The molecular weight excluding hydrogens is 270 g/mol. The highest BCUT2D eigenvalue weighted by molar-refractivity contribution is 5.88. The summed E-state index contributed by atoms with van der Waals surface area (Å²) in [6, 6.07) is 15.1. The summed E-state index contributed by atoms with van der Waals surface area (Å²) in [5.74, 6) is 1.42. The van der Waals surface area contributed by atoms with Gasteiger partial charge >= 0.3 is 0 Å². The van der Waals surface area contributed by atoms with Gasteiger partial charge in [-0.25, -0.2) is 4.98 Å². The fraction of sp³-hybridized carbons (Fsp3) is 0.158. The molecule has 0 unspecified atom stereocenters. The number of hydrogen-bond donors (Lipinski definition) is 1. The number of hydrogen-bond acceptors (Lipinski definition) is 2. The quantitative estimate of drug-likeness (QED) is 0.569. The van der Waals surface area contributed by atoms with Crippen LogP contribution in [-0.2, 0) is 0 Å². The van der Waals surface area contributed by atoms with Gasteiger partial charge in [0.1, 0.15) is 11.3 Å². The molecule has 0 amide bonds. The third-order valence-corrected chi connectivity index (χ3v) is 4.09. The molecule has 3 heteroatoms. The van der Waals surface area contributed by atoms with Gasteiger partial charge < -0.3 is 4.98 Å². The van der Waals surface area contributed by atoms with Crippen molar-refractivity contribution >= 4 is 21.8 Å². The number of pyridine rings is 1. The Labute approximate surface area is 129 Å². The van der Waals surface area contributed by atoms with Crippen LogP contribution in [0.25, 0.3) is 33.2 Å². The molecule has 0 aliphatic rings. The lowest BCUT2D eigenvalue weighted by molar-refractivity contribution is 0.869. The van der Waals surface area contributed by atoms with Crippen LogP contribution in [0, 0.1) is 0 Å². The molecule has 4 rings (SSSR count). The number of benzene rings is 2. The molecule has 2 aromatic heterocycles. The Kier molecular flexibility index (Phi) is 2.93. The molecule has 3 nitrogen and oxygen atoms in total. The standard InChI is InChI=1S/C19H17N3/c1-12(2)14-5-3-13-4-6-15(10-16(13)9-14)19-21-17-7-8-20-11-18(17)22-19/h3-12H,1-2H3,(H,21,22). The fourth-order valence-corrected chi connectivity index (χ4v) is 2.77. The summed E-state index contributed by atoms with van der Waals surface area (Å²) < 4.78 is 0. The van der Waals surface area contributed by atoms with Gasteiger partial charge in [0.25, 0.3) is 0 Å². The smallest absolute Gasteiger partial charge is 0.138 e. The molecule has 2 aromatic carbocycles. The summed E-state index contributed by atoms with van der Waals surface area (Å²) in [4.78, 5) is 12.1. The molecule has 1 N–H and O–H groups in total. The van der Waals surface area contributed by atoms with Crippen molar-refractivity contribution in [1.29, 1.82) is 0 Å². The molecule has 0 aliphatic heterocycles. The van der Waals surface area contributed by atoms with Crippen LogP contribution in [0.5, 0.6) is 0 Å². The molecule has 0 atom stereocenters. The summed E-state index contributed by atoms with van der Waals surface area (Å²) in [7, 11) is 0. The average Bonchev–Trinajstić information content (AvgIpc) is 2.97. The van der Waals surface area contributed by atoms with E-state index in [2.05, 4.69) is 65.2 Å². The second-order valence-electron chi connectivity index (χ2n) is 5.95. The predicted octanol–water partition coefficient (Wildman–Crippen LogP) is 4.90. The molecule has 0 spiro atoms. The SMILES string of the molecule is CC(C)c1ccc2ccc(-c3nc4cnccc4[nH]3)cc2c1. The van der Waals surface area contributed by atoms with E-state index in [1.54, 1.807) is 12.4 Å². The summed E-state index contributed by atoms with van der Waals surface area (Å²) in [5.41, 5.74) is 4.37. The van der Waals surface area contributed by atoms with Gasteiger partial charge in [0.2, 0.25) is 0 Å². The first-order chi connectivity index (χ1) is 10.7. The molecule has 108 valence electrons. The minimum absolute atomic E-state index is 0.533. The Morgan fingerprint density at radius 2 is 1.82 bits per heavy atom. The first-order valence-electron chi connectivity index (χ1n) is 7.54. The normalized spacial score (nSPS) is 11.6. The van der Waals surface area contributed by atoms with E-state index in [9.17, 15) is 0 Å². The highest BCUT2D eigenvalue weighted by Crippen LogP contribution is 2.26. The minimum atomic E-state index is 0.533. The van der Waals surface area contributed by atoms with Crippen LogP contribution in [0.15, 0.2) is 54.9 Å². The van der Waals surface area contributed by atoms with Crippen molar-refractivity contribution in [1.82, 2.24) is 15.0 Å². The Morgan fingerprint density at radius 1 is 0.955 bits per heavy atom. The summed E-state index contributed by atoms with van der Waals surface area (Å²) in [6.45, 7) is 4.44. The number of imidazole rings is 1. The number of nitrogens with one attached hydrogen (secondary N) is 1. The minimum Gasteiger partial charge on any atom is -0.338 e. The summed E-state index contributed by atoms with van der Waals surface area (Å²) in [5, 5.41) is 2.51. The van der Waals surface area contributed by atoms with Crippen LogP contribution in [0.1, 0.15) is 25.3 Å². The van der Waals surface area contributed by atoms with Gasteiger partial charge in [-0.2, -0.15) is 0 Å². The van der Waals surface area contributed by atoms with Gasteiger partial charge in [-0.3, -0.25) is 4.98 Å². The third kappa shape index (κ3) is 2.15. The molecule has 4 aromatic rings. The number of aromatic nitrogens is 3. The molecule has 22 heavy (non-hydrogen) atoms. The van der Waals surface area contributed by atoms with Crippen LogP contribution >= 0.6 is 0 Å². The van der Waals surface area contributed by atoms with Crippen molar-refractivity contribution in [3.05, 3.63) is 60.4 Å². The number of H-pyrrole nitrogens is 1. The maximum atomic E-state index is 4.63. The molecule has 0 bridgehead atoms. The van der Waals surface area contributed by atoms with E-state index in [1.165, 1.54) is 16.3 Å². The Bertz CT molecular complexity index is 934. The van der Waals surface area contributed by atoms with Crippen molar-refractivity contribution in [2.45, 2.75) is 19.8 Å². The van der Waals surface area contributed by atoms with Crippen molar-refractivity contribution in [3.63, 3.8) is 0 Å². The first-order valence-corrected chi connectivity index (χ1v) is 7.54. The van der Waals surface area contributed by atoms with Crippen LogP contribution in [0.2, 0.25) is 0 Å². The lowest BCUT2D eigenvalue weighted by Gasteiger charge is -2.07. The molecular formula is C19H17N3. The maximum Gasteiger partial charge on any atom is 0.138 e. The number of rotatable bonds is 2. The fourth-order valence-electron chi connectivity index (χ4n) is 2.77. The Balaban J connectivity index is 1.87. The van der Waals surface area contributed by atoms with Gasteiger partial charge in [-0.05, 0) is 34.4 Å². The van der Waals surface area contributed by atoms with E-state index in [0.29, 0.717) is 5.92 Å². The van der Waals surface area contributed by atoms with Crippen molar-refractivity contribution in [2.24, 2.45) is 0 Å². The summed E-state index contributed by atoms with van der Waals surface area (Å²) >= 11 is 0. The lowest BCUT2D eigenvalue weighted by Crippen LogP contribution is -1.87. The average molecular weight is 287 g/mol. The van der Waals surface area contributed by atoms with Crippen molar-refractivity contribution in [3.8, 4) is 11.4 Å². The zero-order chi connectivity index (χ0) is 15.1. The van der Waals surface area contributed by atoms with Gasteiger partial charge in [-0.1, -0.05) is 44.2 Å². The molecule has 0 aliphatic carbocycles. The highest BCUT2D eigenvalue weighted by Gasteiger charge is 2.07. The second kappa shape index (κ2) is 4.95. The van der Waals surface area contributed by atoms with Crippen LogP contribution < -0.4 is 0 Å². The zero-order valence-corrected chi connectivity index (χ0v) is 12.7. The number of nitrogens with zero attached hydrogens (tertiary/aromatic N) is 2. The number of fused-ring (bicyclic) bond motifs is 2. The molecule has 0 radical (unpaired) electrons. The lowest BCUT2D eigenvalue weighted by atomic mass is 9.98. The van der Waals surface area contributed by atoms with Crippen LogP contribution in [0.3, 0.4) is 0 Å². The van der Waals surface area contributed by atoms with Crippen molar-refractivity contribution in [2.75, 3.05) is 0 Å². The Morgan fingerprint density at radius 3 is 2.64 bits per heavy atom. The van der Waals surface area contributed by atoms with Crippen molar-refractivity contribution < 1.29 is 0 Å². The largest absolute Gasteiger partial charge is 0.338 e. The van der Waals surface area contributed by atoms with E-state index in [-0.39, 0.29) is 0 Å².